The molecule has 7 rings (SSSR count). The number of hydrogen-bond acceptors (Lipinski definition) is 7. The molecule has 3 aromatic heterocycles. The molecule has 49 heavy (non-hydrogen) atoms. The molecule has 0 bridgehead atoms. The molecule has 0 saturated carbocycles. The topological polar surface area (TPSA) is 72.7 Å². The van der Waals surface area contributed by atoms with Crippen LogP contribution < -0.4 is 4.74 Å². The molecule has 5 aromatic rings. The molecule has 0 fully saturated rings. The van der Waals surface area contributed by atoms with Crippen molar-refractivity contribution in [2.24, 2.45) is 0 Å². The summed E-state index contributed by atoms with van der Waals surface area (Å²) in [5, 5.41) is 7.39. The van der Waals surface area contributed by atoms with Crippen molar-refractivity contribution in [3.8, 4) is 39.5 Å². The summed E-state index contributed by atoms with van der Waals surface area (Å²) < 4.78 is 74.2. The second-order valence-corrected chi connectivity index (χ2v) is 13.2. The number of amides is 1. The van der Waals surface area contributed by atoms with E-state index in [0.29, 0.717) is 63.5 Å². The van der Waals surface area contributed by atoms with Crippen molar-refractivity contribution in [2.75, 3.05) is 40.5 Å². The molecule has 0 N–H and O–H groups in total. The standard InChI is InChI=1S/C36H33F4N5O3S/c1-5-30(46)44-9-10-45-28(20(44)2)17-27(42-45)34-32(31-26(38)15-23(37)16-29(31)48-12-11-47-4)35-24(8-13-49-35)33(41-34)21-6-7-25-22(14-21)18-43(3)19-36(25,39)40/h5-8,13-17,20H,1,9-12,18-19H2,2-4H3/t20-/m1/s1. The first kappa shape index (κ1) is 32.9. The van der Waals surface area contributed by atoms with E-state index in [1.165, 1.54) is 30.6 Å². The molecule has 0 aliphatic carbocycles. The second-order valence-electron chi connectivity index (χ2n) is 12.3. The van der Waals surface area contributed by atoms with E-state index in [4.69, 9.17) is 19.6 Å². The number of alkyl halides is 2. The molecular weight excluding hydrogens is 658 g/mol. The number of carbonyl (C=O) groups is 1. The zero-order valence-electron chi connectivity index (χ0n) is 27.1. The smallest absolute Gasteiger partial charge is 0.285 e. The van der Waals surface area contributed by atoms with Gasteiger partial charge in [-0.15, -0.1) is 11.3 Å². The summed E-state index contributed by atoms with van der Waals surface area (Å²) in [6, 6.07) is 10.1. The summed E-state index contributed by atoms with van der Waals surface area (Å²) in [5.74, 6) is -4.90. The van der Waals surface area contributed by atoms with Crippen molar-refractivity contribution >= 4 is 27.3 Å². The van der Waals surface area contributed by atoms with Gasteiger partial charge in [0.05, 0.1) is 42.7 Å². The van der Waals surface area contributed by atoms with Gasteiger partial charge in [-0.3, -0.25) is 14.4 Å². The molecule has 8 nitrogen and oxygen atoms in total. The molecule has 0 radical (unpaired) electrons. The maximum atomic E-state index is 16.1. The molecule has 0 unspecified atom stereocenters. The van der Waals surface area contributed by atoms with Crippen LogP contribution in [0.25, 0.3) is 43.9 Å². The fourth-order valence-corrected chi connectivity index (χ4v) is 7.79. The van der Waals surface area contributed by atoms with Gasteiger partial charge in [0.2, 0.25) is 5.91 Å². The Morgan fingerprint density at radius 2 is 1.92 bits per heavy atom. The van der Waals surface area contributed by atoms with E-state index >= 15 is 4.39 Å². The van der Waals surface area contributed by atoms with Gasteiger partial charge in [0, 0.05) is 59.1 Å². The highest BCUT2D eigenvalue weighted by Gasteiger charge is 2.39. The highest BCUT2D eigenvalue weighted by Crippen LogP contribution is 2.48. The molecule has 2 aliphatic heterocycles. The van der Waals surface area contributed by atoms with Crippen molar-refractivity contribution in [3.05, 3.63) is 89.0 Å². The van der Waals surface area contributed by atoms with Crippen LogP contribution >= 0.6 is 11.3 Å². The SMILES string of the molecule is C=CC(=O)N1CCn2nc(-c3nc(-c4ccc5c(c4)CN(C)CC5(F)F)c4ccsc4c3-c3c(F)cc(F)cc3OCCOC)cc2[C@H]1C. The molecule has 1 atom stereocenters. The van der Waals surface area contributed by atoms with E-state index in [2.05, 4.69) is 6.58 Å². The molecule has 1 amide bonds. The van der Waals surface area contributed by atoms with Crippen LogP contribution in [-0.4, -0.2) is 70.9 Å². The minimum absolute atomic E-state index is 0.00759. The average molecular weight is 692 g/mol. The lowest BCUT2D eigenvalue weighted by Crippen LogP contribution is -2.40. The van der Waals surface area contributed by atoms with Gasteiger partial charge < -0.3 is 14.4 Å². The number of nitrogens with zero attached hydrogens (tertiary/aromatic N) is 5. The number of pyridine rings is 1. The number of fused-ring (bicyclic) bond motifs is 3. The lowest BCUT2D eigenvalue weighted by molar-refractivity contribution is -0.129. The minimum atomic E-state index is -3.01. The Balaban J connectivity index is 1.49. The van der Waals surface area contributed by atoms with Gasteiger partial charge in [-0.1, -0.05) is 18.7 Å². The van der Waals surface area contributed by atoms with E-state index < -0.39 is 17.6 Å². The summed E-state index contributed by atoms with van der Waals surface area (Å²) in [4.78, 5) is 21.0. The van der Waals surface area contributed by atoms with E-state index in [0.717, 1.165) is 17.8 Å². The second kappa shape index (κ2) is 12.7. The molecule has 254 valence electrons. The van der Waals surface area contributed by atoms with Gasteiger partial charge in [-0.2, -0.15) is 13.9 Å². The van der Waals surface area contributed by atoms with Gasteiger partial charge in [-0.05, 0) is 49.2 Å². The van der Waals surface area contributed by atoms with Crippen molar-refractivity contribution in [3.63, 3.8) is 0 Å². The molecular formula is C36H33F4N5O3S. The number of halogens is 4. The third-order valence-corrected chi connectivity index (χ3v) is 9.99. The van der Waals surface area contributed by atoms with Crippen LogP contribution in [0.1, 0.15) is 29.8 Å². The minimum Gasteiger partial charge on any atom is -0.490 e. The van der Waals surface area contributed by atoms with Crippen molar-refractivity contribution in [1.29, 1.82) is 0 Å². The first-order valence-corrected chi connectivity index (χ1v) is 16.6. The van der Waals surface area contributed by atoms with Crippen LogP contribution in [0.2, 0.25) is 0 Å². The predicted octanol–water partition coefficient (Wildman–Crippen LogP) is 7.42. The quantitative estimate of drug-likeness (QED) is 0.0959. The van der Waals surface area contributed by atoms with E-state index in [1.54, 1.807) is 33.7 Å². The van der Waals surface area contributed by atoms with Gasteiger partial charge >= 0.3 is 0 Å². The normalized spacial score (nSPS) is 17.2. The van der Waals surface area contributed by atoms with Gasteiger partial charge in [-0.25, -0.2) is 13.8 Å². The first-order valence-electron chi connectivity index (χ1n) is 15.7. The Morgan fingerprint density at radius 1 is 1.10 bits per heavy atom. The van der Waals surface area contributed by atoms with Gasteiger partial charge in [0.25, 0.3) is 5.92 Å². The number of ether oxygens (including phenoxy) is 2. The molecule has 2 aliphatic rings. The summed E-state index contributed by atoms with van der Waals surface area (Å²) in [7, 11) is 3.15. The van der Waals surface area contributed by atoms with Crippen LogP contribution in [0.15, 0.2) is 60.5 Å². The average Bonchev–Trinajstić information content (AvgIpc) is 3.72. The Hall–Kier alpha value is -4.59. The number of carbonyl (C=O) groups excluding carboxylic acids is 1. The summed E-state index contributed by atoms with van der Waals surface area (Å²) in [6.07, 6.45) is 1.27. The lowest BCUT2D eigenvalue weighted by atomic mass is 9.92. The number of aromatic nitrogens is 3. The molecule has 0 saturated heterocycles. The lowest BCUT2D eigenvalue weighted by Gasteiger charge is -2.33. The van der Waals surface area contributed by atoms with Crippen LogP contribution in [-0.2, 0) is 28.5 Å². The van der Waals surface area contributed by atoms with Crippen molar-refractivity contribution < 1.29 is 31.8 Å². The van der Waals surface area contributed by atoms with E-state index in [-0.39, 0.29) is 48.6 Å². The zero-order valence-corrected chi connectivity index (χ0v) is 27.9. The molecule has 2 aromatic carbocycles. The summed E-state index contributed by atoms with van der Waals surface area (Å²) >= 11 is 1.34. The molecule has 5 heterocycles. The van der Waals surface area contributed by atoms with Crippen LogP contribution in [0, 0.1) is 11.6 Å². The number of hydrogen-bond donors (Lipinski definition) is 0. The summed E-state index contributed by atoms with van der Waals surface area (Å²) in [6.45, 7) is 6.53. The van der Waals surface area contributed by atoms with Crippen molar-refractivity contribution in [2.45, 2.75) is 32.0 Å². The Labute approximate surface area is 284 Å². The fraction of sp³-hybridized carbons (Fsp3) is 0.306. The first-order chi connectivity index (χ1) is 23.5. The molecule has 0 spiro atoms. The largest absolute Gasteiger partial charge is 0.490 e. The molecule has 13 heteroatoms. The van der Waals surface area contributed by atoms with Crippen LogP contribution in [0.4, 0.5) is 17.6 Å². The van der Waals surface area contributed by atoms with E-state index in [9.17, 15) is 18.0 Å². The predicted molar refractivity (Wildman–Crippen MR) is 180 cm³/mol. The van der Waals surface area contributed by atoms with Crippen LogP contribution in [0.3, 0.4) is 0 Å². The van der Waals surface area contributed by atoms with Crippen molar-refractivity contribution in [1.82, 2.24) is 24.6 Å². The number of likely N-dealkylation sites (N-methyl/N-ethyl adjacent to an activating group) is 1. The fourth-order valence-electron chi connectivity index (χ4n) is 6.84. The summed E-state index contributed by atoms with van der Waals surface area (Å²) in [5.41, 5.74) is 3.38. The highest BCUT2D eigenvalue weighted by atomic mass is 32.1. The number of thiophene rings is 1. The van der Waals surface area contributed by atoms with Gasteiger partial charge in [0.15, 0.2) is 0 Å². The third kappa shape index (κ3) is 5.79. The third-order valence-electron chi connectivity index (χ3n) is 9.06. The maximum Gasteiger partial charge on any atom is 0.285 e. The number of benzene rings is 2. The highest BCUT2D eigenvalue weighted by molar-refractivity contribution is 7.18. The maximum absolute atomic E-state index is 16.1. The Morgan fingerprint density at radius 3 is 2.69 bits per heavy atom. The van der Waals surface area contributed by atoms with E-state index in [1.807, 2.05) is 24.4 Å². The van der Waals surface area contributed by atoms with Crippen LogP contribution in [0.5, 0.6) is 5.75 Å². The zero-order chi connectivity index (χ0) is 34.6. The Bertz CT molecular complexity index is 2110. The number of rotatable bonds is 8. The Kier molecular flexibility index (Phi) is 8.54. The monoisotopic (exact) mass is 691 g/mol. The van der Waals surface area contributed by atoms with Gasteiger partial charge in [0.1, 0.15) is 35.4 Å². The number of methoxy groups -OCH3 is 1.